The molecule has 96 valence electrons. The minimum atomic E-state index is -0.457. The third-order valence-corrected chi connectivity index (χ3v) is 1.68. The van der Waals surface area contributed by atoms with E-state index in [1.807, 2.05) is 13.8 Å². The fourth-order valence-corrected chi connectivity index (χ4v) is 1.07. The van der Waals surface area contributed by atoms with Crippen LogP contribution in [0.4, 0.5) is 0 Å². The fraction of sp³-hybridized carbons (Fsp3) is 0.900. The topological polar surface area (TPSA) is 82.8 Å². The number of rotatable bonds is 11. The van der Waals surface area contributed by atoms with E-state index < -0.39 is 5.91 Å². The number of carbonyl (C=O) groups excluding carboxylic acids is 1. The average Bonchev–Trinajstić information content (AvgIpc) is 2.23. The number of amides is 1. The molecule has 1 amide bonds. The van der Waals surface area contributed by atoms with E-state index in [0.29, 0.717) is 32.9 Å². The molecule has 0 fully saturated rings. The van der Waals surface area contributed by atoms with Crippen LogP contribution >= 0.6 is 0 Å². The summed E-state index contributed by atoms with van der Waals surface area (Å²) in [4.78, 5) is 10.3. The van der Waals surface area contributed by atoms with E-state index in [1.54, 1.807) is 0 Å². The average molecular weight is 234 g/mol. The molecule has 0 atom stereocenters. The van der Waals surface area contributed by atoms with Crippen LogP contribution in [0.25, 0.3) is 0 Å². The van der Waals surface area contributed by atoms with Crippen molar-refractivity contribution in [3.05, 3.63) is 0 Å². The quantitative estimate of drug-likeness (QED) is 0.371. The van der Waals surface area contributed by atoms with Gasteiger partial charge in [0.05, 0.1) is 6.61 Å². The minimum Gasteiger partial charge on any atom is -0.370 e. The van der Waals surface area contributed by atoms with Crippen molar-refractivity contribution in [3.8, 4) is 0 Å². The van der Waals surface area contributed by atoms with Crippen LogP contribution in [-0.2, 0) is 19.0 Å². The standard InChI is InChI=1S/C10H22N2O4/c1-3-15-10(16-4-2)7-12-5-6-14-8-9(11)13/h10,12H,3-8H2,1-2H3,(H2,11,13). The maximum atomic E-state index is 10.3. The predicted molar refractivity (Wildman–Crippen MR) is 59.9 cm³/mol. The molecule has 0 aromatic heterocycles. The molecule has 0 heterocycles. The van der Waals surface area contributed by atoms with Gasteiger partial charge in [0, 0.05) is 26.3 Å². The Morgan fingerprint density at radius 3 is 2.44 bits per heavy atom. The molecule has 0 aromatic carbocycles. The SMILES string of the molecule is CCOC(CNCCOCC(N)=O)OCC. The second-order valence-electron chi connectivity index (χ2n) is 3.06. The lowest BCUT2D eigenvalue weighted by Crippen LogP contribution is -2.33. The largest absolute Gasteiger partial charge is 0.370 e. The first-order valence-corrected chi connectivity index (χ1v) is 5.50. The maximum absolute atomic E-state index is 10.3. The van der Waals surface area contributed by atoms with Crippen LogP contribution in [0.1, 0.15) is 13.8 Å². The van der Waals surface area contributed by atoms with Crippen molar-refractivity contribution in [2.75, 3.05) is 39.5 Å². The molecule has 0 radical (unpaired) electrons. The Bertz CT molecular complexity index is 172. The Labute approximate surface area is 96.4 Å². The second-order valence-corrected chi connectivity index (χ2v) is 3.06. The molecule has 0 unspecified atom stereocenters. The Kier molecular flexibility index (Phi) is 10.3. The van der Waals surface area contributed by atoms with Gasteiger partial charge in [-0.05, 0) is 13.8 Å². The first-order valence-electron chi connectivity index (χ1n) is 5.50. The molecule has 0 aliphatic carbocycles. The monoisotopic (exact) mass is 234 g/mol. The van der Waals surface area contributed by atoms with Gasteiger partial charge in [-0.3, -0.25) is 4.79 Å². The van der Waals surface area contributed by atoms with Crippen LogP contribution < -0.4 is 11.1 Å². The maximum Gasteiger partial charge on any atom is 0.243 e. The highest BCUT2D eigenvalue weighted by atomic mass is 16.7. The zero-order chi connectivity index (χ0) is 12.2. The molecule has 0 aromatic rings. The van der Waals surface area contributed by atoms with Gasteiger partial charge in [0.2, 0.25) is 5.91 Å². The molecule has 0 aliphatic rings. The smallest absolute Gasteiger partial charge is 0.243 e. The summed E-state index contributed by atoms with van der Waals surface area (Å²) in [5.74, 6) is -0.457. The first-order chi connectivity index (χ1) is 7.70. The van der Waals surface area contributed by atoms with Gasteiger partial charge in [0.15, 0.2) is 6.29 Å². The van der Waals surface area contributed by atoms with Crippen molar-refractivity contribution in [1.29, 1.82) is 0 Å². The highest BCUT2D eigenvalue weighted by Gasteiger charge is 2.06. The van der Waals surface area contributed by atoms with Crippen LogP contribution in [-0.4, -0.2) is 51.7 Å². The molecule has 0 saturated heterocycles. The molecule has 0 saturated carbocycles. The Hall–Kier alpha value is -0.690. The zero-order valence-corrected chi connectivity index (χ0v) is 10.0. The predicted octanol–water partition coefficient (Wildman–Crippen LogP) is -0.523. The van der Waals surface area contributed by atoms with Crippen LogP contribution in [0.3, 0.4) is 0 Å². The van der Waals surface area contributed by atoms with Crippen molar-refractivity contribution in [2.45, 2.75) is 20.1 Å². The van der Waals surface area contributed by atoms with E-state index in [9.17, 15) is 4.79 Å². The van der Waals surface area contributed by atoms with E-state index >= 15 is 0 Å². The van der Waals surface area contributed by atoms with E-state index in [1.165, 1.54) is 0 Å². The molecule has 16 heavy (non-hydrogen) atoms. The zero-order valence-electron chi connectivity index (χ0n) is 10.0. The number of hydrogen-bond acceptors (Lipinski definition) is 5. The number of nitrogens with two attached hydrogens (primary N) is 1. The lowest BCUT2D eigenvalue weighted by Gasteiger charge is -2.17. The highest BCUT2D eigenvalue weighted by molar-refractivity contribution is 5.74. The third kappa shape index (κ3) is 9.85. The van der Waals surface area contributed by atoms with Gasteiger partial charge in [0.25, 0.3) is 0 Å². The van der Waals surface area contributed by atoms with Gasteiger partial charge in [0.1, 0.15) is 6.61 Å². The summed E-state index contributed by atoms with van der Waals surface area (Å²) in [7, 11) is 0. The Balaban J connectivity index is 3.35. The van der Waals surface area contributed by atoms with Crippen LogP contribution in [0.5, 0.6) is 0 Å². The molecular weight excluding hydrogens is 212 g/mol. The third-order valence-electron chi connectivity index (χ3n) is 1.68. The Morgan fingerprint density at radius 2 is 1.94 bits per heavy atom. The van der Waals surface area contributed by atoms with Gasteiger partial charge in [-0.15, -0.1) is 0 Å². The number of hydrogen-bond donors (Lipinski definition) is 2. The van der Waals surface area contributed by atoms with Gasteiger partial charge in [-0.25, -0.2) is 0 Å². The number of ether oxygens (including phenoxy) is 3. The van der Waals surface area contributed by atoms with Crippen molar-refractivity contribution in [2.24, 2.45) is 5.73 Å². The summed E-state index contributed by atoms with van der Waals surface area (Å²) in [6.45, 7) is 6.69. The van der Waals surface area contributed by atoms with Crippen LogP contribution in [0.2, 0.25) is 0 Å². The van der Waals surface area contributed by atoms with Gasteiger partial charge >= 0.3 is 0 Å². The highest BCUT2D eigenvalue weighted by Crippen LogP contribution is 1.92. The minimum absolute atomic E-state index is 0.0397. The number of nitrogens with one attached hydrogen (secondary N) is 1. The van der Waals surface area contributed by atoms with E-state index in [0.717, 1.165) is 0 Å². The normalized spacial score (nSPS) is 10.9. The fourth-order valence-electron chi connectivity index (χ4n) is 1.07. The molecule has 3 N–H and O–H groups in total. The number of primary amides is 1. The Morgan fingerprint density at radius 1 is 1.31 bits per heavy atom. The molecule has 0 spiro atoms. The van der Waals surface area contributed by atoms with Crippen molar-refractivity contribution in [1.82, 2.24) is 5.32 Å². The molecule has 6 nitrogen and oxygen atoms in total. The lowest BCUT2D eigenvalue weighted by molar-refractivity contribution is -0.133. The molecule has 0 bridgehead atoms. The summed E-state index contributed by atoms with van der Waals surface area (Å²) >= 11 is 0. The van der Waals surface area contributed by atoms with Crippen molar-refractivity contribution < 1.29 is 19.0 Å². The summed E-state index contributed by atoms with van der Waals surface area (Å²) < 4.78 is 15.6. The van der Waals surface area contributed by atoms with E-state index in [2.05, 4.69) is 5.32 Å². The van der Waals surface area contributed by atoms with Gasteiger partial charge in [-0.1, -0.05) is 0 Å². The number of carbonyl (C=O) groups is 1. The second kappa shape index (κ2) is 10.8. The lowest BCUT2D eigenvalue weighted by atomic mass is 10.5. The van der Waals surface area contributed by atoms with E-state index in [4.69, 9.17) is 19.9 Å². The molecule has 0 aliphatic heterocycles. The van der Waals surface area contributed by atoms with Crippen molar-refractivity contribution in [3.63, 3.8) is 0 Å². The van der Waals surface area contributed by atoms with Crippen molar-refractivity contribution >= 4 is 5.91 Å². The summed E-state index contributed by atoms with van der Waals surface area (Å²) in [5, 5.41) is 3.10. The van der Waals surface area contributed by atoms with Gasteiger partial charge < -0.3 is 25.3 Å². The summed E-state index contributed by atoms with van der Waals surface area (Å²) in [5.41, 5.74) is 4.91. The first kappa shape index (κ1) is 15.3. The molecular formula is C10H22N2O4. The van der Waals surface area contributed by atoms with Crippen LogP contribution in [0.15, 0.2) is 0 Å². The summed E-state index contributed by atoms with van der Waals surface area (Å²) in [6.07, 6.45) is -0.230. The van der Waals surface area contributed by atoms with E-state index in [-0.39, 0.29) is 12.9 Å². The molecule has 6 heteroatoms. The van der Waals surface area contributed by atoms with Crippen LogP contribution in [0, 0.1) is 0 Å². The summed E-state index contributed by atoms with van der Waals surface area (Å²) in [6, 6.07) is 0. The van der Waals surface area contributed by atoms with Gasteiger partial charge in [-0.2, -0.15) is 0 Å². The molecule has 0 rings (SSSR count).